The van der Waals surface area contributed by atoms with Gasteiger partial charge < -0.3 is 15.8 Å². The predicted molar refractivity (Wildman–Crippen MR) is 90.0 cm³/mol. The summed E-state index contributed by atoms with van der Waals surface area (Å²) in [5.41, 5.74) is 5.70. The topological polar surface area (TPSA) is 67.6 Å². The number of likely N-dealkylation sites (N-methyl/N-ethyl adjacent to an activating group) is 1. The van der Waals surface area contributed by atoms with E-state index in [1.807, 2.05) is 13.8 Å². The molecule has 1 aromatic carbocycles. The van der Waals surface area contributed by atoms with Crippen molar-refractivity contribution in [2.24, 2.45) is 5.73 Å². The van der Waals surface area contributed by atoms with Crippen molar-refractivity contribution in [1.82, 2.24) is 10.2 Å². The number of alkyl halides is 3. The van der Waals surface area contributed by atoms with Gasteiger partial charge in [-0.3, -0.25) is 9.69 Å². The molecule has 1 rings (SSSR count). The Morgan fingerprint density at radius 2 is 1.80 bits per heavy atom. The second-order valence-corrected chi connectivity index (χ2v) is 5.66. The lowest BCUT2D eigenvalue weighted by atomic mass is 10.0. The Bertz CT molecular complexity index is 531. The molecule has 3 N–H and O–H groups in total. The Morgan fingerprint density at radius 3 is 2.24 bits per heavy atom. The van der Waals surface area contributed by atoms with Crippen LogP contribution in [0.25, 0.3) is 0 Å². The average molecular weight is 361 g/mol. The molecule has 25 heavy (non-hydrogen) atoms. The van der Waals surface area contributed by atoms with E-state index in [4.69, 9.17) is 10.5 Å². The van der Waals surface area contributed by atoms with Crippen LogP contribution in [-0.4, -0.2) is 50.2 Å². The summed E-state index contributed by atoms with van der Waals surface area (Å²) in [6.07, 6.45) is -4.37. The number of nitrogens with zero attached hydrogens (tertiary/aromatic N) is 1. The lowest BCUT2D eigenvalue weighted by Crippen LogP contribution is -2.46. The van der Waals surface area contributed by atoms with Crippen molar-refractivity contribution in [1.29, 1.82) is 0 Å². The molecule has 1 amide bonds. The molecule has 0 aromatic heterocycles. The number of carbonyl (C=O) groups is 1. The van der Waals surface area contributed by atoms with Gasteiger partial charge in [0.1, 0.15) is 6.04 Å². The van der Waals surface area contributed by atoms with Gasteiger partial charge in [-0.15, -0.1) is 0 Å². The van der Waals surface area contributed by atoms with Crippen LogP contribution in [-0.2, 0) is 15.7 Å². The number of rotatable bonds is 9. The summed E-state index contributed by atoms with van der Waals surface area (Å²) in [6.45, 7) is 5.66. The van der Waals surface area contributed by atoms with Crippen LogP contribution in [0, 0.1) is 0 Å². The molecular formula is C17H26F3N3O2. The number of nitrogens with one attached hydrogen (secondary N) is 1. The first kappa shape index (κ1) is 21.4. The molecule has 0 spiro atoms. The molecule has 1 aromatic rings. The highest BCUT2D eigenvalue weighted by Gasteiger charge is 2.30. The minimum atomic E-state index is -4.37. The number of hydrogen-bond donors (Lipinski definition) is 2. The molecule has 0 aliphatic carbocycles. The molecule has 0 heterocycles. The third kappa shape index (κ3) is 6.30. The van der Waals surface area contributed by atoms with Gasteiger partial charge in [0, 0.05) is 13.7 Å². The summed E-state index contributed by atoms with van der Waals surface area (Å²) in [5.74, 6) is -0.356. The quantitative estimate of drug-likeness (QED) is 0.707. The fourth-order valence-electron chi connectivity index (χ4n) is 2.60. The molecule has 0 aliphatic rings. The van der Waals surface area contributed by atoms with Crippen LogP contribution in [0.15, 0.2) is 24.3 Å². The van der Waals surface area contributed by atoms with E-state index in [1.165, 1.54) is 19.2 Å². The van der Waals surface area contributed by atoms with Crippen LogP contribution in [0.3, 0.4) is 0 Å². The third-order valence-electron chi connectivity index (χ3n) is 4.03. The molecule has 0 bridgehead atoms. The maximum atomic E-state index is 12.7. The van der Waals surface area contributed by atoms with E-state index in [1.54, 1.807) is 0 Å². The first-order valence-corrected chi connectivity index (χ1v) is 8.17. The van der Waals surface area contributed by atoms with Crippen molar-refractivity contribution in [2.75, 3.05) is 33.4 Å². The Hall–Kier alpha value is -1.64. The fraction of sp³-hybridized carbons (Fsp3) is 0.588. The Kier molecular flexibility index (Phi) is 8.34. The maximum Gasteiger partial charge on any atom is 0.416 e. The molecular weight excluding hydrogens is 335 g/mol. The highest BCUT2D eigenvalue weighted by atomic mass is 19.4. The summed E-state index contributed by atoms with van der Waals surface area (Å²) in [7, 11) is 1.45. The summed E-state index contributed by atoms with van der Waals surface area (Å²) < 4.78 is 43.0. The molecule has 5 nitrogen and oxygen atoms in total. The zero-order chi connectivity index (χ0) is 19.0. The normalized spacial score (nSPS) is 14.4. The van der Waals surface area contributed by atoms with Crippen molar-refractivity contribution < 1.29 is 22.7 Å². The smallest absolute Gasteiger partial charge is 0.383 e. The number of methoxy groups -OCH3 is 1. The SMILES string of the molecule is CCN(CC)C(CNC(=O)C(N)COC)c1ccc(C(F)(F)F)cc1. The second-order valence-electron chi connectivity index (χ2n) is 5.66. The number of amides is 1. The molecule has 0 aliphatic heterocycles. The van der Waals surface area contributed by atoms with Gasteiger partial charge in [0.15, 0.2) is 0 Å². The number of benzene rings is 1. The van der Waals surface area contributed by atoms with Crippen molar-refractivity contribution in [2.45, 2.75) is 32.1 Å². The van der Waals surface area contributed by atoms with Gasteiger partial charge in [0.2, 0.25) is 5.91 Å². The average Bonchev–Trinajstić information content (AvgIpc) is 2.58. The number of nitrogens with two attached hydrogens (primary N) is 1. The summed E-state index contributed by atoms with van der Waals surface area (Å²) in [6, 6.07) is 4.00. The fourth-order valence-corrected chi connectivity index (χ4v) is 2.60. The van der Waals surface area contributed by atoms with E-state index in [9.17, 15) is 18.0 Å². The van der Waals surface area contributed by atoms with E-state index in [-0.39, 0.29) is 25.1 Å². The Balaban J connectivity index is 2.92. The van der Waals surface area contributed by atoms with E-state index in [2.05, 4.69) is 10.2 Å². The lowest BCUT2D eigenvalue weighted by Gasteiger charge is -2.30. The number of ether oxygens (including phenoxy) is 1. The van der Waals surface area contributed by atoms with E-state index >= 15 is 0 Å². The van der Waals surface area contributed by atoms with E-state index in [0.29, 0.717) is 18.7 Å². The lowest BCUT2D eigenvalue weighted by molar-refractivity contribution is -0.137. The number of hydrogen-bond acceptors (Lipinski definition) is 4. The van der Waals surface area contributed by atoms with Gasteiger partial charge in [-0.05, 0) is 30.8 Å². The molecule has 8 heteroatoms. The molecule has 0 saturated carbocycles. The zero-order valence-corrected chi connectivity index (χ0v) is 14.8. The summed E-state index contributed by atoms with van der Waals surface area (Å²) >= 11 is 0. The highest BCUT2D eigenvalue weighted by molar-refractivity contribution is 5.81. The Morgan fingerprint density at radius 1 is 1.24 bits per heavy atom. The van der Waals surface area contributed by atoms with Gasteiger partial charge in [-0.1, -0.05) is 26.0 Å². The van der Waals surface area contributed by atoms with E-state index < -0.39 is 17.8 Å². The first-order chi connectivity index (χ1) is 11.7. The van der Waals surface area contributed by atoms with Crippen LogP contribution < -0.4 is 11.1 Å². The van der Waals surface area contributed by atoms with Gasteiger partial charge >= 0.3 is 6.18 Å². The monoisotopic (exact) mass is 361 g/mol. The standard InChI is InChI=1S/C17H26F3N3O2/c1-4-23(5-2)15(10-22-16(24)14(21)11-25-3)12-6-8-13(9-7-12)17(18,19)20/h6-9,14-15H,4-5,10-11,21H2,1-3H3,(H,22,24). The van der Waals surface area contributed by atoms with Crippen molar-refractivity contribution in [3.05, 3.63) is 35.4 Å². The van der Waals surface area contributed by atoms with Gasteiger partial charge in [-0.2, -0.15) is 13.2 Å². The zero-order valence-electron chi connectivity index (χ0n) is 14.8. The first-order valence-electron chi connectivity index (χ1n) is 8.17. The number of halogens is 3. The van der Waals surface area contributed by atoms with Crippen LogP contribution in [0.4, 0.5) is 13.2 Å². The predicted octanol–water partition coefficient (Wildman–Crippen LogP) is 2.18. The van der Waals surface area contributed by atoms with Crippen molar-refractivity contribution in [3.8, 4) is 0 Å². The van der Waals surface area contributed by atoms with E-state index in [0.717, 1.165) is 12.1 Å². The molecule has 0 saturated heterocycles. The molecule has 0 fully saturated rings. The largest absolute Gasteiger partial charge is 0.416 e. The minimum Gasteiger partial charge on any atom is -0.383 e. The van der Waals surface area contributed by atoms with Crippen molar-refractivity contribution >= 4 is 5.91 Å². The molecule has 2 atom stereocenters. The van der Waals surface area contributed by atoms with Crippen LogP contribution in [0.1, 0.15) is 31.0 Å². The maximum absolute atomic E-state index is 12.7. The Labute approximate surface area is 146 Å². The van der Waals surface area contributed by atoms with Crippen LogP contribution in [0.5, 0.6) is 0 Å². The van der Waals surface area contributed by atoms with Gasteiger partial charge in [0.25, 0.3) is 0 Å². The summed E-state index contributed by atoms with van der Waals surface area (Å²) in [5, 5.41) is 2.75. The van der Waals surface area contributed by atoms with Crippen molar-refractivity contribution in [3.63, 3.8) is 0 Å². The molecule has 2 unspecified atom stereocenters. The summed E-state index contributed by atoms with van der Waals surface area (Å²) in [4.78, 5) is 14.0. The molecule has 0 radical (unpaired) electrons. The number of carbonyl (C=O) groups excluding carboxylic acids is 1. The second kappa shape index (κ2) is 9.74. The van der Waals surface area contributed by atoms with Gasteiger partial charge in [0.05, 0.1) is 18.2 Å². The van der Waals surface area contributed by atoms with Gasteiger partial charge in [-0.25, -0.2) is 0 Å². The third-order valence-corrected chi connectivity index (χ3v) is 4.03. The van der Waals surface area contributed by atoms with Crippen LogP contribution in [0.2, 0.25) is 0 Å². The highest BCUT2D eigenvalue weighted by Crippen LogP contribution is 2.30. The molecule has 142 valence electrons. The minimum absolute atomic E-state index is 0.0993. The van der Waals surface area contributed by atoms with Crippen LogP contribution >= 0.6 is 0 Å².